The molecule has 0 spiro atoms. The molecule has 1 fully saturated rings. The fraction of sp³-hybridized carbons (Fsp3) is 0.267. The largest absolute Gasteiger partial charge is 0.448 e. The second kappa shape index (κ2) is 4.90. The first kappa shape index (κ1) is 12.0. The molecule has 2 aromatic carbocycles. The third-order valence-corrected chi connectivity index (χ3v) is 3.42. The van der Waals surface area contributed by atoms with Crippen molar-refractivity contribution >= 4 is 16.9 Å². The van der Waals surface area contributed by atoms with Gasteiger partial charge in [-0.3, -0.25) is 0 Å². The minimum atomic E-state index is -0.697. The van der Waals surface area contributed by atoms with Gasteiger partial charge in [0.15, 0.2) is 0 Å². The summed E-state index contributed by atoms with van der Waals surface area (Å²) >= 11 is 0. The van der Waals surface area contributed by atoms with Crippen LogP contribution in [0.3, 0.4) is 0 Å². The van der Waals surface area contributed by atoms with E-state index in [9.17, 15) is 9.90 Å². The van der Waals surface area contributed by atoms with Crippen LogP contribution in [0, 0.1) is 0 Å². The van der Waals surface area contributed by atoms with E-state index >= 15 is 0 Å². The maximum absolute atomic E-state index is 11.4. The molecule has 3 rings (SSSR count). The van der Waals surface area contributed by atoms with Crippen LogP contribution in [0.15, 0.2) is 42.5 Å². The molecule has 0 saturated carbocycles. The molecule has 2 aromatic rings. The molecule has 4 heteroatoms. The van der Waals surface area contributed by atoms with Crippen molar-refractivity contribution in [1.82, 2.24) is 4.90 Å². The van der Waals surface area contributed by atoms with Crippen LogP contribution in [0.1, 0.15) is 11.7 Å². The van der Waals surface area contributed by atoms with Crippen LogP contribution >= 0.6 is 0 Å². The second-order valence-corrected chi connectivity index (χ2v) is 4.64. The number of hydrogen-bond donors (Lipinski definition) is 1. The highest BCUT2D eigenvalue weighted by Gasteiger charge is 2.25. The van der Waals surface area contributed by atoms with E-state index in [2.05, 4.69) is 0 Å². The van der Waals surface area contributed by atoms with Gasteiger partial charge in [-0.15, -0.1) is 0 Å². The molecule has 1 atom stereocenters. The molecule has 0 aromatic heterocycles. The van der Waals surface area contributed by atoms with Gasteiger partial charge in [-0.2, -0.15) is 0 Å². The zero-order chi connectivity index (χ0) is 13.2. The van der Waals surface area contributed by atoms with Gasteiger partial charge in [-0.05, 0) is 16.3 Å². The van der Waals surface area contributed by atoms with Crippen molar-refractivity contribution in [2.24, 2.45) is 0 Å². The van der Waals surface area contributed by atoms with Crippen molar-refractivity contribution in [3.05, 3.63) is 48.0 Å². The van der Waals surface area contributed by atoms with Gasteiger partial charge in [-0.1, -0.05) is 42.5 Å². The van der Waals surface area contributed by atoms with Gasteiger partial charge < -0.3 is 14.7 Å². The molecule has 4 nitrogen and oxygen atoms in total. The van der Waals surface area contributed by atoms with Gasteiger partial charge in [0.1, 0.15) is 6.61 Å². The maximum Gasteiger partial charge on any atom is 0.410 e. The van der Waals surface area contributed by atoms with E-state index in [1.807, 2.05) is 42.5 Å². The number of aliphatic hydroxyl groups is 1. The summed E-state index contributed by atoms with van der Waals surface area (Å²) in [6, 6.07) is 13.7. The van der Waals surface area contributed by atoms with Crippen LogP contribution < -0.4 is 0 Å². The molecule has 1 N–H and O–H groups in total. The highest BCUT2D eigenvalue weighted by molar-refractivity contribution is 5.86. The highest BCUT2D eigenvalue weighted by Crippen LogP contribution is 2.25. The fourth-order valence-corrected chi connectivity index (χ4v) is 2.44. The number of carbonyl (C=O) groups is 1. The van der Waals surface area contributed by atoms with Gasteiger partial charge in [0.25, 0.3) is 0 Å². The van der Waals surface area contributed by atoms with E-state index in [1.54, 1.807) is 0 Å². The molecule has 0 aliphatic carbocycles. The van der Waals surface area contributed by atoms with Crippen molar-refractivity contribution in [2.45, 2.75) is 6.10 Å². The number of β-amino-alcohol motifs (C(OH)–C–C–N with tert-alkyl or cyclic N) is 1. The van der Waals surface area contributed by atoms with Gasteiger partial charge in [0, 0.05) is 0 Å². The Labute approximate surface area is 111 Å². The molecule has 1 amide bonds. The van der Waals surface area contributed by atoms with E-state index in [4.69, 9.17) is 4.74 Å². The molecule has 1 saturated heterocycles. The predicted octanol–water partition coefficient (Wildman–Crippen LogP) is 2.33. The lowest BCUT2D eigenvalue weighted by molar-refractivity contribution is 0.119. The number of ether oxygens (including phenoxy) is 1. The monoisotopic (exact) mass is 257 g/mol. The van der Waals surface area contributed by atoms with E-state index < -0.39 is 6.10 Å². The zero-order valence-corrected chi connectivity index (χ0v) is 10.5. The topological polar surface area (TPSA) is 49.8 Å². The van der Waals surface area contributed by atoms with Crippen LogP contribution in [0.25, 0.3) is 10.8 Å². The Morgan fingerprint density at radius 2 is 2.00 bits per heavy atom. The van der Waals surface area contributed by atoms with E-state index in [0.717, 1.165) is 16.3 Å². The Bertz CT molecular complexity index is 606. The SMILES string of the molecule is O=C1OCCN1CC(O)c1cccc2ccccc12. The van der Waals surface area contributed by atoms with E-state index in [-0.39, 0.29) is 12.6 Å². The number of cyclic esters (lactones) is 1. The van der Waals surface area contributed by atoms with Crippen LogP contribution in [-0.4, -0.2) is 35.8 Å². The third-order valence-electron chi connectivity index (χ3n) is 3.42. The highest BCUT2D eigenvalue weighted by atomic mass is 16.6. The number of aliphatic hydroxyl groups excluding tert-OH is 1. The smallest absolute Gasteiger partial charge is 0.410 e. The van der Waals surface area contributed by atoms with Crippen molar-refractivity contribution in [3.8, 4) is 0 Å². The average molecular weight is 257 g/mol. The summed E-state index contributed by atoms with van der Waals surface area (Å²) in [7, 11) is 0. The molecular weight excluding hydrogens is 242 g/mol. The number of benzene rings is 2. The lowest BCUT2D eigenvalue weighted by Gasteiger charge is -2.19. The lowest BCUT2D eigenvalue weighted by Crippen LogP contribution is -2.29. The van der Waals surface area contributed by atoms with Crippen LogP contribution in [-0.2, 0) is 4.74 Å². The Balaban J connectivity index is 1.89. The Morgan fingerprint density at radius 1 is 1.21 bits per heavy atom. The quantitative estimate of drug-likeness (QED) is 0.918. The molecule has 0 bridgehead atoms. The number of nitrogens with zero attached hydrogens (tertiary/aromatic N) is 1. The standard InChI is InChI=1S/C15H15NO3/c17-14(10-16-8-9-19-15(16)18)13-7-3-5-11-4-1-2-6-12(11)13/h1-7,14,17H,8-10H2. The second-order valence-electron chi connectivity index (χ2n) is 4.64. The minimum absolute atomic E-state index is 0.271. The van der Waals surface area contributed by atoms with Crippen molar-refractivity contribution in [3.63, 3.8) is 0 Å². The van der Waals surface area contributed by atoms with Gasteiger partial charge in [-0.25, -0.2) is 4.79 Å². The molecule has 0 radical (unpaired) electrons. The van der Waals surface area contributed by atoms with E-state index in [0.29, 0.717) is 13.2 Å². The summed E-state index contributed by atoms with van der Waals surface area (Å²) in [5.41, 5.74) is 0.845. The summed E-state index contributed by atoms with van der Waals surface area (Å²) in [6.45, 7) is 1.22. The number of fused-ring (bicyclic) bond motifs is 1. The van der Waals surface area contributed by atoms with Crippen LogP contribution in [0.4, 0.5) is 4.79 Å². The van der Waals surface area contributed by atoms with Crippen molar-refractivity contribution in [2.75, 3.05) is 19.7 Å². The van der Waals surface area contributed by atoms with Gasteiger partial charge in [0.2, 0.25) is 0 Å². The van der Waals surface area contributed by atoms with Gasteiger partial charge >= 0.3 is 6.09 Å². The maximum atomic E-state index is 11.4. The Morgan fingerprint density at radius 3 is 2.79 bits per heavy atom. The first-order chi connectivity index (χ1) is 9.25. The number of rotatable bonds is 3. The molecule has 1 aliphatic rings. The predicted molar refractivity (Wildman–Crippen MR) is 71.8 cm³/mol. The Kier molecular flexibility index (Phi) is 3.09. The number of carbonyl (C=O) groups excluding carboxylic acids is 1. The Hall–Kier alpha value is -2.07. The van der Waals surface area contributed by atoms with Gasteiger partial charge in [0.05, 0.1) is 19.2 Å². The molecular formula is C15H15NO3. The van der Waals surface area contributed by atoms with Crippen LogP contribution in [0.2, 0.25) is 0 Å². The summed E-state index contributed by atoms with van der Waals surface area (Å²) in [4.78, 5) is 12.9. The van der Waals surface area contributed by atoms with E-state index in [1.165, 1.54) is 4.90 Å². The van der Waals surface area contributed by atoms with Crippen molar-refractivity contribution in [1.29, 1.82) is 0 Å². The molecule has 19 heavy (non-hydrogen) atoms. The third kappa shape index (κ3) is 2.27. The summed E-state index contributed by atoms with van der Waals surface area (Å²) in [5, 5.41) is 12.5. The lowest BCUT2D eigenvalue weighted by atomic mass is 10.0. The first-order valence-corrected chi connectivity index (χ1v) is 6.33. The molecule has 1 aliphatic heterocycles. The zero-order valence-electron chi connectivity index (χ0n) is 10.5. The van der Waals surface area contributed by atoms with Crippen molar-refractivity contribution < 1.29 is 14.6 Å². The summed E-state index contributed by atoms with van der Waals surface area (Å²) < 4.78 is 4.87. The molecule has 1 unspecified atom stereocenters. The average Bonchev–Trinajstić information content (AvgIpc) is 2.83. The summed E-state index contributed by atoms with van der Waals surface area (Å²) in [5.74, 6) is 0. The summed E-state index contributed by atoms with van der Waals surface area (Å²) in [6.07, 6.45) is -1.05. The molecule has 1 heterocycles. The fourth-order valence-electron chi connectivity index (χ4n) is 2.44. The normalized spacial score (nSPS) is 16.7. The molecule has 98 valence electrons. The minimum Gasteiger partial charge on any atom is -0.448 e. The number of amides is 1. The van der Waals surface area contributed by atoms with Crippen LogP contribution in [0.5, 0.6) is 0 Å². The first-order valence-electron chi connectivity index (χ1n) is 6.33. The number of hydrogen-bond acceptors (Lipinski definition) is 3.